The number of carbonyl (C=O) groups is 1. The van der Waals surface area contributed by atoms with Crippen molar-refractivity contribution in [1.82, 2.24) is 4.90 Å². The van der Waals surface area contributed by atoms with Gasteiger partial charge in [0.2, 0.25) is 5.91 Å². The van der Waals surface area contributed by atoms with Crippen LogP contribution < -0.4 is 5.32 Å². The van der Waals surface area contributed by atoms with E-state index in [1.165, 1.54) is 0 Å². The van der Waals surface area contributed by atoms with E-state index in [2.05, 4.69) is 10.2 Å². The fourth-order valence-corrected chi connectivity index (χ4v) is 2.72. The molecule has 0 radical (unpaired) electrons. The van der Waals surface area contributed by atoms with Crippen LogP contribution >= 0.6 is 11.6 Å². The van der Waals surface area contributed by atoms with Crippen molar-refractivity contribution in [2.45, 2.75) is 26.1 Å². The Hall–Kier alpha value is -1.61. The third kappa shape index (κ3) is 4.43. The predicted octanol–water partition coefficient (Wildman–Crippen LogP) is 2.26. The highest BCUT2D eigenvalue weighted by Crippen LogP contribution is 2.20. The molecular formula is C15H18ClN3O2. The quantitative estimate of drug-likeness (QED) is 0.930. The number of hydrogen-bond donors (Lipinski definition) is 1. The highest BCUT2D eigenvalue weighted by atomic mass is 35.5. The van der Waals surface area contributed by atoms with E-state index in [0.29, 0.717) is 22.8 Å². The van der Waals surface area contributed by atoms with Gasteiger partial charge in [-0.15, -0.1) is 0 Å². The van der Waals surface area contributed by atoms with Crippen LogP contribution in [-0.2, 0) is 9.53 Å². The standard InChI is InChI=1S/C15H18ClN3O2/c1-10-7-19(8-11(2)21-10)9-15(20)18-13-4-3-12(6-17)14(16)5-13/h3-5,10-11H,7-9H2,1-2H3,(H,18,20)/t10-,11-/m0/s1. The minimum atomic E-state index is -0.0999. The van der Waals surface area contributed by atoms with Gasteiger partial charge in [-0.3, -0.25) is 9.69 Å². The molecule has 1 amide bonds. The van der Waals surface area contributed by atoms with Crippen molar-refractivity contribution < 1.29 is 9.53 Å². The Morgan fingerprint density at radius 2 is 2.14 bits per heavy atom. The molecule has 1 heterocycles. The van der Waals surface area contributed by atoms with Crippen LogP contribution in [0.5, 0.6) is 0 Å². The average molecular weight is 308 g/mol. The first-order chi connectivity index (χ1) is 9.97. The number of benzene rings is 1. The maximum absolute atomic E-state index is 12.1. The van der Waals surface area contributed by atoms with Crippen LogP contribution in [0.4, 0.5) is 5.69 Å². The van der Waals surface area contributed by atoms with Gasteiger partial charge in [-0.1, -0.05) is 11.6 Å². The number of rotatable bonds is 3. The van der Waals surface area contributed by atoms with Gasteiger partial charge in [0.25, 0.3) is 0 Å². The Morgan fingerprint density at radius 1 is 1.48 bits per heavy atom. The molecule has 1 fully saturated rings. The van der Waals surface area contributed by atoms with Crippen LogP contribution in [0.3, 0.4) is 0 Å². The summed E-state index contributed by atoms with van der Waals surface area (Å²) in [6.45, 7) is 5.80. The number of hydrogen-bond acceptors (Lipinski definition) is 4. The maximum atomic E-state index is 12.1. The van der Waals surface area contributed by atoms with Gasteiger partial charge in [0.15, 0.2) is 0 Å². The van der Waals surface area contributed by atoms with E-state index < -0.39 is 0 Å². The van der Waals surface area contributed by atoms with Crippen molar-refractivity contribution in [3.8, 4) is 6.07 Å². The molecule has 0 spiro atoms. The lowest BCUT2D eigenvalue weighted by Gasteiger charge is -2.34. The Bertz CT molecular complexity index is 561. The van der Waals surface area contributed by atoms with Crippen LogP contribution in [0.2, 0.25) is 5.02 Å². The van der Waals surface area contributed by atoms with Crippen molar-refractivity contribution >= 4 is 23.2 Å². The lowest BCUT2D eigenvalue weighted by Crippen LogP contribution is -2.48. The van der Waals surface area contributed by atoms with Crippen LogP contribution in [-0.4, -0.2) is 42.6 Å². The van der Waals surface area contributed by atoms with Crippen molar-refractivity contribution in [3.63, 3.8) is 0 Å². The zero-order valence-corrected chi connectivity index (χ0v) is 12.9. The zero-order valence-electron chi connectivity index (χ0n) is 12.1. The lowest BCUT2D eigenvalue weighted by atomic mass is 10.2. The van der Waals surface area contributed by atoms with E-state index >= 15 is 0 Å². The molecule has 0 aliphatic carbocycles. The summed E-state index contributed by atoms with van der Waals surface area (Å²) in [5.41, 5.74) is 0.990. The van der Waals surface area contributed by atoms with Crippen LogP contribution in [0.25, 0.3) is 0 Å². The summed E-state index contributed by atoms with van der Waals surface area (Å²) in [6, 6.07) is 6.84. The molecule has 1 aromatic carbocycles. The second-order valence-corrected chi connectivity index (χ2v) is 5.71. The van der Waals surface area contributed by atoms with Crippen LogP contribution in [0, 0.1) is 11.3 Å². The first kappa shape index (κ1) is 15.8. The summed E-state index contributed by atoms with van der Waals surface area (Å²) in [7, 11) is 0. The maximum Gasteiger partial charge on any atom is 0.238 e. The summed E-state index contributed by atoms with van der Waals surface area (Å²) in [5.74, 6) is -0.0999. The van der Waals surface area contributed by atoms with Gasteiger partial charge in [-0.25, -0.2) is 0 Å². The summed E-state index contributed by atoms with van der Waals surface area (Å²) < 4.78 is 5.64. The second kappa shape index (κ2) is 6.90. The van der Waals surface area contributed by atoms with E-state index in [1.807, 2.05) is 19.9 Å². The molecular weight excluding hydrogens is 290 g/mol. The van der Waals surface area contributed by atoms with Gasteiger partial charge in [0.1, 0.15) is 6.07 Å². The van der Waals surface area contributed by atoms with Gasteiger partial charge >= 0.3 is 0 Å². The lowest BCUT2D eigenvalue weighted by molar-refractivity contribution is -0.121. The Labute approximate surface area is 129 Å². The summed E-state index contributed by atoms with van der Waals surface area (Å²) in [5, 5.41) is 11.9. The molecule has 1 saturated heterocycles. The van der Waals surface area contributed by atoms with Crippen LogP contribution in [0.1, 0.15) is 19.4 Å². The Kier molecular flexibility index (Phi) is 5.18. The van der Waals surface area contributed by atoms with E-state index in [0.717, 1.165) is 13.1 Å². The Balaban J connectivity index is 1.93. The number of nitrogens with one attached hydrogen (secondary N) is 1. The number of nitriles is 1. The molecule has 0 unspecified atom stereocenters. The first-order valence-corrected chi connectivity index (χ1v) is 7.23. The van der Waals surface area contributed by atoms with E-state index in [4.69, 9.17) is 21.6 Å². The smallest absolute Gasteiger partial charge is 0.238 e. The number of ether oxygens (including phenoxy) is 1. The fourth-order valence-electron chi connectivity index (χ4n) is 2.50. The molecule has 1 aliphatic heterocycles. The Morgan fingerprint density at radius 3 is 2.71 bits per heavy atom. The minimum absolute atomic E-state index is 0.0999. The van der Waals surface area contributed by atoms with Gasteiger partial charge in [-0.05, 0) is 32.0 Å². The molecule has 5 nitrogen and oxygen atoms in total. The van der Waals surface area contributed by atoms with Crippen molar-refractivity contribution in [2.24, 2.45) is 0 Å². The van der Waals surface area contributed by atoms with Crippen LogP contribution in [0.15, 0.2) is 18.2 Å². The molecule has 1 N–H and O–H groups in total. The zero-order chi connectivity index (χ0) is 15.4. The molecule has 6 heteroatoms. The average Bonchev–Trinajstić information content (AvgIpc) is 2.37. The number of carbonyl (C=O) groups excluding carboxylic acids is 1. The molecule has 2 atom stereocenters. The molecule has 21 heavy (non-hydrogen) atoms. The molecule has 112 valence electrons. The molecule has 0 aromatic heterocycles. The van der Waals surface area contributed by atoms with Gasteiger partial charge in [-0.2, -0.15) is 5.26 Å². The number of morpholine rings is 1. The normalized spacial score (nSPS) is 22.6. The number of anilines is 1. The highest BCUT2D eigenvalue weighted by Gasteiger charge is 2.23. The van der Waals surface area contributed by atoms with Crippen molar-refractivity contribution in [2.75, 3.05) is 25.0 Å². The van der Waals surface area contributed by atoms with Crippen molar-refractivity contribution in [1.29, 1.82) is 5.26 Å². The second-order valence-electron chi connectivity index (χ2n) is 5.31. The van der Waals surface area contributed by atoms with Gasteiger partial charge in [0.05, 0.1) is 29.3 Å². The first-order valence-electron chi connectivity index (χ1n) is 6.85. The summed E-state index contributed by atoms with van der Waals surface area (Å²) in [6.07, 6.45) is 0.261. The predicted molar refractivity (Wildman–Crippen MR) is 81.2 cm³/mol. The van der Waals surface area contributed by atoms with Crippen molar-refractivity contribution in [3.05, 3.63) is 28.8 Å². The largest absolute Gasteiger partial charge is 0.373 e. The van der Waals surface area contributed by atoms with Gasteiger partial charge < -0.3 is 10.1 Å². The molecule has 1 aliphatic rings. The molecule has 0 saturated carbocycles. The molecule has 1 aromatic rings. The third-order valence-corrected chi connectivity index (χ3v) is 3.55. The van der Waals surface area contributed by atoms with E-state index in [9.17, 15) is 4.79 Å². The topological polar surface area (TPSA) is 65.4 Å². The number of amides is 1. The van der Waals surface area contributed by atoms with E-state index in [-0.39, 0.29) is 18.1 Å². The SMILES string of the molecule is C[C@H]1CN(CC(=O)Nc2ccc(C#N)c(Cl)c2)C[C@H](C)O1. The minimum Gasteiger partial charge on any atom is -0.373 e. The third-order valence-electron chi connectivity index (χ3n) is 3.24. The molecule has 0 bridgehead atoms. The van der Waals surface area contributed by atoms with E-state index in [1.54, 1.807) is 18.2 Å². The number of nitrogens with zero attached hydrogens (tertiary/aromatic N) is 2. The number of halogens is 1. The fraction of sp³-hybridized carbons (Fsp3) is 0.467. The molecule has 2 rings (SSSR count). The van der Waals surface area contributed by atoms with Gasteiger partial charge in [0, 0.05) is 18.8 Å². The monoisotopic (exact) mass is 307 g/mol. The highest BCUT2D eigenvalue weighted by molar-refractivity contribution is 6.32. The summed E-state index contributed by atoms with van der Waals surface area (Å²) in [4.78, 5) is 14.1. The summed E-state index contributed by atoms with van der Waals surface area (Å²) >= 11 is 5.94.